The van der Waals surface area contributed by atoms with Gasteiger partial charge in [0.2, 0.25) is 0 Å². The molecule has 0 aromatic carbocycles. The number of carboxylic acids is 1. The highest BCUT2D eigenvalue weighted by Gasteiger charge is 2.48. The molecule has 0 aromatic heterocycles. The third-order valence-corrected chi connectivity index (χ3v) is 4.79. The van der Waals surface area contributed by atoms with E-state index < -0.39 is 5.97 Å². The number of carboxylic acid groups (broad SMARTS) is 1. The van der Waals surface area contributed by atoms with E-state index in [9.17, 15) is 9.90 Å². The van der Waals surface area contributed by atoms with Crippen molar-refractivity contribution < 1.29 is 9.90 Å². The van der Waals surface area contributed by atoms with Gasteiger partial charge in [-0.05, 0) is 63.2 Å². The Morgan fingerprint density at radius 2 is 2.05 bits per heavy atom. The smallest absolute Gasteiger partial charge is 0.307 e. The largest absolute Gasteiger partial charge is 0.481 e. The number of fused-ring (bicyclic) bond motifs is 2. The van der Waals surface area contributed by atoms with Gasteiger partial charge in [-0.2, -0.15) is 0 Å². The molecule has 0 heterocycles. The topological polar surface area (TPSA) is 37.3 Å². The number of carbonyl (C=O) groups is 1. The SMILES string of the molecule is CC(C)=CCCC(C)CC1C2C=CC(C2)C1C(=O)O. The second-order valence-electron chi connectivity index (χ2n) is 6.68. The Morgan fingerprint density at radius 1 is 1.37 bits per heavy atom. The van der Waals surface area contributed by atoms with Crippen LogP contribution in [0.4, 0.5) is 0 Å². The minimum Gasteiger partial charge on any atom is -0.481 e. The van der Waals surface area contributed by atoms with Crippen molar-refractivity contribution in [1.29, 1.82) is 0 Å². The lowest BCUT2D eigenvalue weighted by molar-refractivity contribution is -0.144. The predicted molar refractivity (Wildman–Crippen MR) is 77.8 cm³/mol. The second kappa shape index (κ2) is 5.94. The van der Waals surface area contributed by atoms with Gasteiger partial charge in [0, 0.05) is 0 Å². The van der Waals surface area contributed by atoms with Crippen LogP contribution >= 0.6 is 0 Å². The van der Waals surface area contributed by atoms with Crippen LogP contribution in [0.1, 0.15) is 46.5 Å². The molecule has 2 heteroatoms. The van der Waals surface area contributed by atoms with Gasteiger partial charge in [-0.25, -0.2) is 0 Å². The molecule has 0 radical (unpaired) electrons. The first kappa shape index (κ1) is 14.4. The van der Waals surface area contributed by atoms with E-state index >= 15 is 0 Å². The average molecular weight is 262 g/mol. The lowest BCUT2D eigenvalue weighted by Gasteiger charge is -2.27. The van der Waals surface area contributed by atoms with Crippen molar-refractivity contribution in [1.82, 2.24) is 0 Å². The molecule has 2 bridgehead atoms. The number of hydrogen-bond acceptors (Lipinski definition) is 1. The van der Waals surface area contributed by atoms with Crippen LogP contribution in [0, 0.1) is 29.6 Å². The Morgan fingerprint density at radius 3 is 2.68 bits per heavy atom. The third-order valence-electron chi connectivity index (χ3n) is 4.79. The molecule has 5 unspecified atom stereocenters. The summed E-state index contributed by atoms with van der Waals surface area (Å²) in [6.07, 6.45) is 11.1. The Labute approximate surface area is 116 Å². The zero-order valence-electron chi connectivity index (χ0n) is 12.3. The van der Waals surface area contributed by atoms with E-state index in [1.165, 1.54) is 12.0 Å². The summed E-state index contributed by atoms with van der Waals surface area (Å²) in [6, 6.07) is 0. The second-order valence-corrected chi connectivity index (χ2v) is 6.68. The maximum atomic E-state index is 11.4. The van der Waals surface area contributed by atoms with Gasteiger partial charge in [0.05, 0.1) is 5.92 Å². The van der Waals surface area contributed by atoms with Crippen LogP contribution in [0.2, 0.25) is 0 Å². The molecule has 1 fully saturated rings. The minimum absolute atomic E-state index is 0.124. The quantitative estimate of drug-likeness (QED) is 0.725. The standard InChI is InChI=1S/C17H26O2/c1-11(2)5-4-6-12(3)9-15-13-7-8-14(10-13)16(15)17(18)19/h5,7-8,12-16H,4,6,9-10H2,1-3H3,(H,18,19). The first-order valence-electron chi connectivity index (χ1n) is 7.53. The fourth-order valence-corrected chi connectivity index (χ4v) is 3.85. The molecule has 2 nitrogen and oxygen atoms in total. The molecule has 2 rings (SSSR count). The summed E-state index contributed by atoms with van der Waals surface area (Å²) >= 11 is 0. The van der Waals surface area contributed by atoms with Gasteiger partial charge in [-0.1, -0.05) is 30.7 Å². The number of rotatable bonds is 6. The Balaban J connectivity index is 1.89. The van der Waals surface area contributed by atoms with Crippen molar-refractivity contribution in [3.05, 3.63) is 23.8 Å². The van der Waals surface area contributed by atoms with Gasteiger partial charge in [0.25, 0.3) is 0 Å². The summed E-state index contributed by atoms with van der Waals surface area (Å²) in [4.78, 5) is 11.4. The molecule has 19 heavy (non-hydrogen) atoms. The number of aliphatic carboxylic acids is 1. The molecule has 1 N–H and O–H groups in total. The normalized spacial score (nSPS) is 33.4. The van der Waals surface area contributed by atoms with Crippen LogP contribution in [0.25, 0.3) is 0 Å². The first-order chi connectivity index (χ1) is 8.99. The highest BCUT2D eigenvalue weighted by Crippen LogP contribution is 2.50. The van der Waals surface area contributed by atoms with Crippen LogP contribution in [0.5, 0.6) is 0 Å². The highest BCUT2D eigenvalue weighted by atomic mass is 16.4. The van der Waals surface area contributed by atoms with Gasteiger partial charge in [-0.15, -0.1) is 0 Å². The third kappa shape index (κ3) is 3.29. The number of allylic oxidation sites excluding steroid dienone is 4. The van der Waals surface area contributed by atoms with Crippen LogP contribution in [0.3, 0.4) is 0 Å². The van der Waals surface area contributed by atoms with E-state index in [0.29, 0.717) is 23.7 Å². The molecule has 0 amide bonds. The van der Waals surface area contributed by atoms with Gasteiger partial charge in [-0.3, -0.25) is 4.79 Å². The zero-order valence-corrected chi connectivity index (χ0v) is 12.3. The van der Waals surface area contributed by atoms with Gasteiger partial charge >= 0.3 is 5.97 Å². The summed E-state index contributed by atoms with van der Waals surface area (Å²) in [5, 5.41) is 9.42. The number of hydrogen-bond donors (Lipinski definition) is 1. The lowest BCUT2D eigenvalue weighted by Crippen LogP contribution is -2.28. The van der Waals surface area contributed by atoms with Crippen LogP contribution < -0.4 is 0 Å². The van der Waals surface area contributed by atoms with Crippen molar-refractivity contribution in [2.75, 3.05) is 0 Å². The van der Waals surface area contributed by atoms with E-state index in [1.54, 1.807) is 0 Å². The van der Waals surface area contributed by atoms with Crippen LogP contribution in [-0.4, -0.2) is 11.1 Å². The van der Waals surface area contributed by atoms with Gasteiger partial charge in [0.15, 0.2) is 0 Å². The van der Waals surface area contributed by atoms with E-state index in [-0.39, 0.29) is 5.92 Å². The van der Waals surface area contributed by atoms with E-state index in [4.69, 9.17) is 0 Å². The van der Waals surface area contributed by atoms with Crippen LogP contribution in [-0.2, 0) is 4.79 Å². The summed E-state index contributed by atoms with van der Waals surface area (Å²) in [6.45, 7) is 6.53. The predicted octanol–water partition coefficient (Wildman–Crippen LogP) is 4.28. The summed E-state index contributed by atoms with van der Waals surface area (Å²) in [5.74, 6) is 1.11. The minimum atomic E-state index is -0.585. The Hall–Kier alpha value is -1.05. The first-order valence-corrected chi connectivity index (χ1v) is 7.53. The average Bonchev–Trinajstić information content (AvgIpc) is 2.88. The van der Waals surface area contributed by atoms with Gasteiger partial charge in [0.1, 0.15) is 0 Å². The fraction of sp³-hybridized carbons (Fsp3) is 0.706. The summed E-state index contributed by atoms with van der Waals surface area (Å²) < 4.78 is 0. The van der Waals surface area contributed by atoms with Crippen molar-refractivity contribution in [2.24, 2.45) is 29.6 Å². The van der Waals surface area contributed by atoms with E-state index in [2.05, 4.69) is 39.0 Å². The summed E-state index contributed by atoms with van der Waals surface area (Å²) in [7, 11) is 0. The molecule has 106 valence electrons. The van der Waals surface area contributed by atoms with Crippen molar-refractivity contribution in [3.8, 4) is 0 Å². The monoisotopic (exact) mass is 262 g/mol. The maximum absolute atomic E-state index is 11.4. The fourth-order valence-electron chi connectivity index (χ4n) is 3.85. The molecule has 2 aliphatic rings. The van der Waals surface area contributed by atoms with E-state index in [0.717, 1.165) is 19.3 Å². The molecule has 0 saturated heterocycles. The Kier molecular flexibility index (Phi) is 4.49. The molecule has 5 atom stereocenters. The highest BCUT2D eigenvalue weighted by molar-refractivity contribution is 5.72. The Bertz CT molecular complexity index is 390. The summed E-state index contributed by atoms with van der Waals surface area (Å²) in [5.41, 5.74) is 1.37. The van der Waals surface area contributed by atoms with Crippen molar-refractivity contribution in [3.63, 3.8) is 0 Å². The maximum Gasteiger partial charge on any atom is 0.307 e. The van der Waals surface area contributed by atoms with E-state index in [1.807, 2.05) is 0 Å². The molecule has 0 aliphatic heterocycles. The van der Waals surface area contributed by atoms with Gasteiger partial charge < -0.3 is 5.11 Å². The zero-order chi connectivity index (χ0) is 14.0. The molecular formula is C17H26O2. The molecular weight excluding hydrogens is 236 g/mol. The van der Waals surface area contributed by atoms with Crippen molar-refractivity contribution >= 4 is 5.97 Å². The molecule has 0 aromatic rings. The molecule has 1 saturated carbocycles. The van der Waals surface area contributed by atoms with Crippen LogP contribution in [0.15, 0.2) is 23.8 Å². The van der Waals surface area contributed by atoms with Crippen molar-refractivity contribution in [2.45, 2.75) is 46.5 Å². The molecule has 2 aliphatic carbocycles. The lowest BCUT2D eigenvalue weighted by atomic mass is 9.77. The molecule has 0 spiro atoms.